The first-order valence-electron chi connectivity index (χ1n) is 10.6. The number of aromatic nitrogens is 2. The lowest BCUT2D eigenvalue weighted by Gasteiger charge is -2.38. The quantitative estimate of drug-likeness (QED) is 0.378. The van der Waals surface area contributed by atoms with Crippen molar-refractivity contribution in [1.29, 1.82) is 0 Å². The van der Waals surface area contributed by atoms with Crippen LogP contribution in [0, 0.1) is 5.92 Å². The summed E-state index contributed by atoms with van der Waals surface area (Å²) in [6.45, 7) is 2.02. The number of ether oxygens (including phenoxy) is 1. The van der Waals surface area contributed by atoms with Gasteiger partial charge in [-0.3, -0.25) is 4.79 Å². The molecule has 6 nitrogen and oxygen atoms in total. The molecule has 5 rings (SSSR count). The Kier molecular flexibility index (Phi) is 4.98. The van der Waals surface area contributed by atoms with Crippen molar-refractivity contribution >= 4 is 28.7 Å². The fourth-order valence-corrected chi connectivity index (χ4v) is 4.61. The Morgan fingerprint density at radius 1 is 0.906 bits per heavy atom. The van der Waals surface area contributed by atoms with Crippen molar-refractivity contribution < 1.29 is 14.3 Å². The molecule has 0 spiro atoms. The van der Waals surface area contributed by atoms with Crippen molar-refractivity contribution in [2.24, 2.45) is 5.92 Å². The topological polar surface area (TPSA) is 73.2 Å². The molecule has 160 valence electrons. The van der Waals surface area contributed by atoms with E-state index in [1.165, 1.54) is 7.11 Å². The molecule has 0 aliphatic carbocycles. The van der Waals surface area contributed by atoms with Gasteiger partial charge in [-0.05, 0) is 36.8 Å². The van der Waals surface area contributed by atoms with Gasteiger partial charge < -0.3 is 14.6 Å². The van der Waals surface area contributed by atoms with Gasteiger partial charge in [0.05, 0.1) is 35.7 Å². The number of hydrogen-bond donors (Lipinski definition) is 1. The van der Waals surface area contributed by atoms with Gasteiger partial charge in [-0.2, -0.15) is 0 Å². The van der Waals surface area contributed by atoms with Crippen LogP contribution in [0.1, 0.15) is 39.2 Å². The summed E-state index contributed by atoms with van der Waals surface area (Å²) in [4.78, 5) is 30.4. The van der Waals surface area contributed by atoms with Crippen LogP contribution in [0.3, 0.4) is 0 Å². The molecular formula is C26H23N3O3. The van der Waals surface area contributed by atoms with E-state index in [4.69, 9.17) is 9.72 Å². The summed E-state index contributed by atoms with van der Waals surface area (Å²) in [6, 6.07) is 24.2. The number of benzene rings is 3. The van der Waals surface area contributed by atoms with Crippen molar-refractivity contribution in [2.75, 3.05) is 12.4 Å². The van der Waals surface area contributed by atoms with E-state index in [0.29, 0.717) is 11.1 Å². The van der Waals surface area contributed by atoms with Crippen molar-refractivity contribution in [3.8, 4) is 0 Å². The maximum absolute atomic E-state index is 13.7. The van der Waals surface area contributed by atoms with E-state index in [0.717, 1.165) is 22.5 Å². The summed E-state index contributed by atoms with van der Waals surface area (Å²) in [7, 11) is 1.36. The molecule has 6 heteroatoms. The highest BCUT2D eigenvalue weighted by atomic mass is 16.5. The standard InChI is InChI=1S/C26H23N3O3/c1-16-22(24(30)18-8-4-3-5-9-18)23(17-12-14-19(15-13-17)25(31)32-2)29-21-11-7-6-10-20(21)28-26(29)27-16/h3-16,22-23H,1-2H3,(H,27,28). The van der Waals surface area contributed by atoms with Crippen molar-refractivity contribution in [1.82, 2.24) is 9.55 Å². The molecule has 3 atom stereocenters. The third kappa shape index (κ3) is 3.24. The van der Waals surface area contributed by atoms with E-state index in [-0.39, 0.29) is 29.8 Å². The Hall–Kier alpha value is -3.93. The molecule has 0 fully saturated rings. The maximum Gasteiger partial charge on any atom is 0.337 e. The number of rotatable bonds is 4. The van der Waals surface area contributed by atoms with E-state index in [1.807, 2.05) is 73.7 Å². The number of para-hydroxylation sites is 2. The van der Waals surface area contributed by atoms with E-state index in [1.54, 1.807) is 12.1 Å². The van der Waals surface area contributed by atoms with Gasteiger partial charge in [0.25, 0.3) is 0 Å². The van der Waals surface area contributed by atoms with Gasteiger partial charge in [-0.15, -0.1) is 0 Å². The van der Waals surface area contributed by atoms with Crippen LogP contribution in [0.4, 0.5) is 5.95 Å². The minimum absolute atomic E-state index is 0.0658. The molecule has 0 saturated heterocycles. The average Bonchev–Trinajstić information content (AvgIpc) is 3.20. The lowest BCUT2D eigenvalue weighted by Crippen LogP contribution is -2.44. The van der Waals surface area contributed by atoms with Crippen molar-refractivity contribution in [2.45, 2.75) is 19.0 Å². The predicted octanol–water partition coefficient (Wildman–Crippen LogP) is 4.73. The fraction of sp³-hybridized carbons (Fsp3) is 0.192. The Morgan fingerprint density at radius 2 is 1.59 bits per heavy atom. The second-order valence-electron chi connectivity index (χ2n) is 8.04. The normalized spacial score (nSPS) is 19.8. The number of esters is 1. The number of nitrogens with one attached hydrogen (secondary N) is 1. The van der Waals surface area contributed by atoms with Crippen LogP contribution in [-0.4, -0.2) is 34.5 Å². The molecule has 2 heterocycles. The number of ketones is 1. The molecule has 3 aromatic carbocycles. The monoisotopic (exact) mass is 425 g/mol. The number of imidazole rings is 1. The van der Waals surface area contributed by atoms with Gasteiger partial charge >= 0.3 is 5.97 Å². The van der Waals surface area contributed by atoms with Crippen LogP contribution in [-0.2, 0) is 4.74 Å². The highest BCUT2D eigenvalue weighted by molar-refractivity contribution is 5.99. The average molecular weight is 425 g/mol. The molecule has 1 aromatic heterocycles. The van der Waals surface area contributed by atoms with E-state index >= 15 is 0 Å². The highest BCUT2D eigenvalue weighted by Gasteiger charge is 2.41. The third-order valence-electron chi connectivity index (χ3n) is 6.14. The van der Waals surface area contributed by atoms with Crippen LogP contribution in [0.5, 0.6) is 0 Å². The number of nitrogens with zero attached hydrogens (tertiary/aromatic N) is 2. The summed E-state index contributed by atoms with van der Waals surface area (Å²) in [5.74, 6) is 0.0429. The van der Waals surface area contributed by atoms with E-state index < -0.39 is 0 Å². The summed E-state index contributed by atoms with van der Waals surface area (Å²) < 4.78 is 6.94. The molecular weight excluding hydrogens is 402 g/mol. The summed E-state index contributed by atoms with van der Waals surface area (Å²) in [6.07, 6.45) is 0. The van der Waals surface area contributed by atoms with Crippen LogP contribution >= 0.6 is 0 Å². The SMILES string of the molecule is COC(=O)c1ccc(C2C(C(=O)c3ccccc3)C(C)Nc3nc4ccccc4n32)cc1. The van der Waals surface area contributed by atoms with Gasteiger partial charge in [-0.25, -0.2) is 9.78 Å². The molecule has 0 bridgehead atoms. The smallest absolute Gasteiger partial charge is 0.337 e. The fourth-order valence-electron chi connectivity index (χ4n) is 4.61. The van der Waals surface area contributed by atoms with Crippen LogP contribution in [0.2, 0.25) is 0 Å². The van der Waals surface area contributed by atoms with Gasteiger partial charge in [0.1, 0.15) is 0 Å². The third-order valence-corrected chi connectivity index (χ3v) is 6.14. The molecule has 0 saturated carbocycles. The van der Waals surface area contributed by atoms with Crippen LogP contribution in [0.25, 0.3) is 11.0 Å². The first kappa shape index (κ1) is 20.0. The van der Waals surface area contributed by atoms with E-state index in [2.05, 4.69) is 9.88 Å². The number of methoxy groups -OCH3 is 1. The molecule has 3 unspecified atom stereocenters. The molecule has 1 aliphatic heterocycles. The second kappa shape index (κ2) is 7.96. The van der Waals surface area contributed by atoms with Gasteiger partial charge in [0.2, 0.25) is 5.95 Å². The zero-order chi connectivity index (χ0) is 22.2. The summed E-state index contributed by atoms with van der Waals surface area (Å²) in [5, 5.41) is 3.45. The molecule has 4 aromatic rings. The molecule has 1 N–H and O–H groups in total. The first-order chi connectivity index (χ1) is 15.6. The number of hydrogen-bond acceptors (Lipinski definition) is 5. The second-order valence-corrected chi connectivity index (χ2v) is 8.04. The Balaban J connectivity index is 1.69. The molecule has 1 aliphatic rings. The van der Waals surface area contributed by atoms with Crippen LogP contribution < -0.4 is 5.32 Å². The number of anilines is 1. The zero-order valence-corrected chi connectivity index (χ0v) is 17.9. The van der Waals surface area contributed by atoms with Crippen molar-refractivity contribution in [3.63, 3.8) is 0 Å². The number of carbonyl (C=O) groups excluding carboxylic acids is 2. The zero-order valence-electron chi connectivity index (χ0n) is 17.9. The largest absolute Gasteiger partial charge is 0.465 e. The summed E-state index contributed by atoms with van der Waals surface area (Å²) in [5.41, 5.74) is 3.90. The predicted molar refractivity (Wildman–Crippen MR) is 123 cm³/mol. The number of carbonyl (C=O) groups is 2. The van der Waals surface area contributed by atoms with Gasteiger partial charge in [0, 0.05) is 11.6 Å². The minimum atomic E-state index is -0.388. The lowest BCUT2D eigenvalue weighted by atomic mass is 9.80. The molecule has 0 radical (unpaired) electrons. The minimum Gasteiger partial charge on any atom is -0.465 e. The van der Waals surface area contributed by atoms with E-state index in [9.17, 15) is 9.59 Å². The lowest BCUT2D eigenvalue weighted by molar-refractivity contribution is 0.0600. The van der Waals surface area contributed by atoms with Gasteiger partial charge in [-0.1, -0.05) is 54.6 Å². The van der Waals surface area contributed by atoms with Gasteiger partial charge in [0.15, 0.2) is 5.78 Å². The first-order valence-corrected chi connectivity index (χ1v) is 10.6. The highest BCUT2D eigenvalue weighted by Crippen LogP contribution is 2.41. The summed E-state index contributed by atoms with van der Waals surface area (Å²) >= 11 is 0. The Bertz CT molecular complexity index is 1300. The number of Topliss-reactive ketones (excluding diaryl/α,β-unsaturated/α-hetero) is 1. The molecule has 0 amide bonds. The Labute approximate surface area is 185 Å². The van der Waals surface area contributed by atoms with Crippen LogP contribution in [0.15, 0.2) is 78.9 Å². The Morgan fingerprint density at radius 3 is 2.31 bits per heavy atom. The maximum atomic E-state index is 13.7. The number of fused-ring (bicyclic) bond motifs is 3. The van der Waals surface area contributed by atoms with Crippen molar-refractivity contribution in [3.05, 3.63) is 95.6 Å². The molecule has 32 heavy (non-hydrogen) atoms.